The maximum atomic E-state index is 12.3. The first-order chi connectivity index (χ1) is 11.3. The summed E-state index contributed by atoms with van der Waals surface area (Å²) in [7, 11) is 0. The average molecular weight is 304 g/mol. The molecule has 0 unspecified atom stereocenters. The molecule has 0 fully saturated rings. The average Bonchev–Trinajstić information content (AvgIpc) is 3.24. The molecule has 6 heteroatoms. The number of carbonyl (C=O) groups is 1. The molecule has 0 radical (unpaired) electrons. The molecule has 0 atom stereocenters. The largest absolute Gasteiger partial charge is 0.431 e. The fourth-order valence-electron chi connectivity index (χ4n) is 2.30. The molecule has 0 aliphatic rings. The van der Waals surface area contributed by atoms with E-state index in [1.807, 2.05) is 48.5 Å². The molecule has 2 N–H and O–H groups in total. The number of anilines is 1. The number of aromatic nitrogens is 3. The quantitative estimate of drug-likeness (QED) is 0.607. The van der Waals surface area contributed by atoms with E-state index in [4.69, 9.17) is 4.42 Å². The van der Waals surface area contributed by atoms with Crippen LogP contribution in [-0.4, -0.2) is 21.1 Å². The van der Waals surface area contributed by atoms with Crippen molar-refractivity contribution in [3.8, 4) is 11.5 Å². The number of hydrogen-bond acceptors (Lipinski definition) is 4. The van der Waals surface area contributed by atoms with E-state index in [9.17, 15) is 4.79 Å². The minimum atomic E-state index is -0.349. The smallest absolute Gasteiger partial charge is 0.293 e. The van der Waals surface area contributed by atoms with Gasteiger partial charge in [-0.05, 0) is 30.3 Å². The molecule has 2 aromatic carbocycles. The minimum Gasteiger partial charge on any atom is -0.431 e. The van der Waals surface area contributed by atoms with Gasteiger partial charge >= 0.3 is 0 Å². The molecule has 0 saturated carbocycles. The van der Waals surface area contributed by atoms with Gasteiger partial charge in [0.15, 0.2) is 0 Å². The van der Waals surface area contributed by atoms with E-state index in [-0.39, 0.29) is 11.7 Å². The van der Waals surface area contributed by atoms with Crippen molar-refractivity contribution in [2.75, 3.05) is 5.32 Å². The number of carbonyl (C=O) groups excluding carboxylic acids is 1. The van der Waals surface area contributed by atoms with Gasteiger partial charge in [0.1, 0.15) is 0 Å². The van der Waals surface area contributed by atoms with Crippen LogP contribution in [0, 0.1) is 0 Å². The Morgan fingerprint density at radius 3 is 2.83 bits per heavy atom. The van der Waals surface area contributed by atoms with Gasteiger partial charge in [0, 0.05) is 16.6 Å². The molecule has 1 amide bonds. The number of nitrogens with one attached hydrogen (secondary N) is 2. The second kappa shape index (κ2) is 5.42. The second-order valence-electron chi connectivity index (χ2n) is 5.02. The van der Waals surface area contributed by atoms with E-state index in [0.29, 0.717) is 11.6 Å². The summed E-state index contributed by atoms with van der Waals surface area (Å²) in [5.41, 5.74) is 2.33. The number of aromatic amines is 1. The third-order valence-corrected chi connectivity index (χ3v) is 3.45. The molecule has 0 bridgehead atoms. The van der Waals surface area contributed by atoms with Crippen molar-refractivity contribution in [2.45, 2.75) is 0 Å². The molecule has 0 aliphatic carbocycles. The first kappa shape index (κ1) is 13.3. The van der Waals surface area contributed by atoms with E-state index in [1.54, 1.807) is 6.20 Å². The molecule has 2 heterocycles. The summed E-state index contributed by atoms with van der Waals surface area (Å²) < 4.78 is 5.53. The molecule has 6 nitrogen and oxygen atoms in total. The van der Waals surface area contributed by atoms with E-state index in [1.165, 1.54) is 6.20 Å². The Balaban J connectivity index is 1.56. The van der Waals surface area contributed by atoms with Gasteiger partial charge in [-0.1, -0.05) is 18.2 Å². The fraction of sp³-hybridized carbons (Fsp3) is 0. The van der Waals surface area contributed by atoms with Crippen LogP contribution in [0.15, 0.2) is 65.3 Å². The summed E-state index contributed by atoms with van der Waals surface area (Å²) >= 11 is 0. The summed E-state index contributed by atoms with van der Waals surface area (Å²) in [6.45, 7) is 0. The lowest BCUT2D eigenvalue weighted by Crippen LogP contribution is -2.10. The first-order valence-corrected chi connectivity index (χ1v) is 7.05. The van der Waals surface area contributed by atoms with Crippen molar-refractivity contribution in [1.82, 2.24) is 15.2 Å². The van der Waals surface area contributed by atoms with Crippen LogP contribution in [0.3, 0.4) is 0 Å². The molecule has 2 aromatic heterocycles. The number of rotatable bonds is 3. The zero-order valence-corrected chi connectivity index (χ0v) is 12.0. The monoisotopic (exact) mass is 304 g/mol. The number of nitrogens with zero attached hydrogens (tertiary/aromatic N) is 2. The second-order valence-corrected chi connectivity index (χ2v) is 5.02. The van der Waals surface area contributed by atoms with Gasteiger partial charge in [0.25, 0.3) is 5.91 Å². The number of oxazole rings is 1. The van der Waals surface area contributed by atoms with Gasteiger partial charge in [-0.15, -0.1) is 0 Å². The molecule has 23 heavy (non-hydrogen) atoms. The van der Waals surface area contributed by atoms with Gasteiger partial charge in [-0.2, -0.15) is 5.10 Å². The van der Waals surface area contributed by atoms with Crippen LogP contribution < -0.4 is 5.32 Å². The summed E-state index contributed by atoms with van der Waals surface area (Å²) in [6.07, 6.45) is 3.15. The lowest BCUT2D eigenvalue weighted by atomic mass is 10.2. The summed E-state index contributed by atoms with van der Waals surface area (Å²) in [4.78, 5) is 16.4. The predicted molar refractivity (Wildman–Crippen MR) is 86.0 cm³/mol. The van der Waals surface area contributed by atoms with Crippen LogP contribution >= 0.6 is 0 Å². The number of benzene rings is 2. The Bertz CT molecular complexity index is 972. The maximum absolute atomic E-state index is 12.3. The van der Waals surface area contributed by atoms with Crippen molar-refractivity contribution in [2.24, 2.45) is 0 Å². The molecule has 0 spiro atoms. The Morgan fingerprint density at radius 1 is 1.09 bits per heavy atom. The van der Waals surface area contributed by atoms with Crippen molar-refractivity contribution < 1.29 is 9.21 Å². The molecule has 0 saturated heterocycles. The van der Waals surface area contributed by atoms with Crippen LogP contribution in [-0.2, 0) is 0 Å². The topological polar surface area (TPSA) is 83.8 Å². The molecular weight excluding hydrogens is 292 g/mol. The molecule has 4 rings (SSSR count). The Kier molecular flexibility index (Phi) is 3.12. The lowest BCUT2D eigenvalue weighted by Gasteiger charge is -2.02. The SMILES string of the molecule is O=C(Nc1ccc2cn[nH]c2c1)c1cnc(-c2ccccc2)o1. The summed E-state index contributed by atoms with van der Waals surface area (Å²) in [6, 6.07) is 14.9. The highest BCUT2D eigenvalue weighted by Gasteiger charge is 2.14. The van der Waals surface area contributed by atoms with Crippen LogP contribution in [0.4, 0.5) is 5.69 Å². The Morgan fingerprint density at radius 2 is 1.96 bits per heavy atom. The highest BCUT2D eigenvalue weighted by molar-refractivity contribution is 6.03. The van der Waals surface area contributed by atoms with E-state index in [2.05, 4.69) is 20.5 Å². The third-order valence-electron chi connectivity index (χ3n) is 3.45. The number of fused-ring (bicyclic) bond motifs is 1. The van der Waals surface area contributed by atoms with E-state index in [0.717, 1.165) is 16.5 Å². The first-order valence-electron chi connectivity index (χ1n) is 7.05. The van der Waals surface area contributed by atoms with Gasteiger partial charge < -0.3 is 9.73 Å². The molecule has 112 valence electrons. The minimum absolute atomic E-state index is 0.161. The van der Waals surface area contributed by atoms with Crippen LogP contribution in [0.25, 0.3) is 22.4 Å². The number of H-pyrrole nitrogens is 1. The maximum Gasteiger partial charge on any atom is 0.293 e. The normalized spacial score (nSPS) is 10.8. The van der Waals surface area contributed by atoms with Crippen molar-refractivity contribution in [1.29, 1.82) is 0 Å². The van der Waals surface area contributed by atoms with Gasteiger partial charge in [-0.25, -0.2) is 4.98 Å². The van der Waals surface area contributed by atoms with Crippen LogP contribution in [0.2, 0.25) is 0 Å². The summed E-state index contributed by atoms with van der Waals surface area (Å²) in [5.74, 6) is 0.229. The lowest BCUT2D eigenvalue weighted by molar-refractivity contribution is 0.0997. The third kappa shape index (κ3) is 2.57. The standard InChI is InChI=1S/C17H12N4O2/c22-16(20-13-7-6-12-9-19-21-14(12)8-13)15-10-18-17(23-15)11-4-2-1-3-5-11/h1-10H,(H,19,21)(H,20,22). The number of amides is 1. The van der Waals surface area contributed by atoms with E-state index < -0.39 is 0 Å². The molecule has 4 aromatic rings. The summed E-state index contributed by atoms with van der Waals surface area (Å²) in [5, 5.41) is 10.6. The van der Waals surface area contributed by atoms with Crippen LogP contribution in [0.1, 0.15) is 10.6 Å². The zero-order chi connectivity index (χ0) is 15.6. The molecular formula is C17H12N4O2. The van der Waals surface area contributed by atoms with Gasteiger partial charge in [0.2, 0.25) is 11.7 Å². The zero-order valence-electron chi connectivity index (χ0n) is 12.0. The fourth-order valence-corrected chi connectivity index (χ4v) is 2.30. The van der Waals surface area contributed by atoms with Gasteiger partial charge in [0.05, 0.1) is 17.9 Å². The Labute approximate surface area is 131 Å². The number of hydrogen-bond donors (Lipinski definition) is 2. The van der Waals surface area contributed by atoms with Crippen LogP contribution in [0.5, 0.6) is 0 Å². The molecule has 0 aliphatic heterocycles. The predicted octanol–water partition coefficient (Wildman–Crippen LogP) is 3.47. The highest BCUT2D eigenvalue weighted by Crippen LogP contribution is 2.20. The van der Waals surface area contributed by atoms with Crippen molar-refractivity contribution in [3.63, 3.8) is 0 Å². The van der Waals surface area contributed by atoms with E-state index >= 15 is 0 Å². The van der Waals surface area contributed by atoms with Crippen molar-refractivity contribution >= 4 is 22.5 Å². The highest BCUT2D eigenvalue weighted by atomic mass is 16.4. The van der Waals surface area contributed by atoms with Crippen molar-refractivity contribution in [3.05, 3.63) is 66.7 Å². The van der Waals surface area contributed by atoms with Gasteiger partial charge in [-0.3, -0.25) is 9.89 Å². The Hall–Kier alpha value is -3.41.